The molecule has 1 heterocycles. The number of carboxylic acid groups (broad SMARTS) is 1. The molecule has 0 bridgehead atoms. The molecule has 0 radical (unpaired) electrons. The zero-order chi connectivity index (χ0) is 15.2. The second-order valence-corrected chi connectivity index (χ2v) is 5.72. The highest BCUT2D eigenvalue weighted by molar-refractivity contribution is 9.10. The van der Waals surface area contributed by atoms with Crippen molar-refractivity contribution in [1.82, 2.24) is 4.98 Å². The van der Waals surface area contributed by atoms with E-state index in [1.165, 1.54) is 0 Å². The summed E-state index contributed by atoms with van der Waals surface area (Å²) in [7, 11) is 1.61. The van der Waals surface area contributed by atoms with Crippen molar-refractivity contribution >= 4 is 21.9 Å². The number of hydrogen-bond acceptors (Lipinski definition) is 3. The van der Waals surface area contributed by atoms with Gasteiger partial charge in [0.1, 0.15) is 5.75 Å². The number of rotatable bonds is 6. The maximum absolute atomic E-state index is 11.5. The number of hydrogen-bond donors (Lipinski definition) is 1. The summed E-state index contributed by atoms with van der Waals surface area (Å²) in [6.07, 6.45) is 4.32. The van der Waals surface area contributed by atoms with Crippen molar-refractivity contribution < 1.29 is 14.6 Å². The van der Waals surface area contributed by atoms with Gasteiger partial charge in [-0.2, -0.15) is 0 Å². The Morgan fingerprint density at radius 1 is 1.24 bits per heavy atom. The van der Waals surface area contributed by atoms with Gasteiger partial charge in [-0.3, -0.25) is 9.78 Å². The van der Waals surface area contributed by atoms with Gasteiger partial charge in [0.2, 0.25) is 0 Å². The smallest absolute Gasteiger partial charge is 0.307 e. The number of benzene rings is 1. The molecule has 21 heavy (non-hydrogen) atoms. The molecule has 0 aliphatic heterocycles. The third kappa shape index (κ3) is 4.56. The standard InChI is InChI=1S/C16H16BrNO3/c1-21-15-4-2-11(3-5-15)6-13(16(19)20)7-12-8-14(17)10-18-9-12/h2-5,8-10,13H,6-7H2,1H3,(H,19,20). The topological polar surface area (TPSA) is 59.4 Å². The van der Waals surface area contributed by atoms with Gasteiger partial charge in [0.15, 0.2) is 0 Å². The molecule has 0 amide bonds. The summed E-state index contributed by atoms with van der Waals surface area (Å²) in [5.74, 6) is -0.512. The maximum atomic E-state index is 11.5. The highest BCUT2D eigenvalue weighted by atomic mass is 79.9. The predicted octanol–water partition coefficient (Wildman–Crippen LogP) is 3.34. The second-order valence-electron chi connectivity index (χ2n) is 4.80. The van der Waals surface area contributed by atoms with Gasteiger partial charge >= 0.3 is 5.97 Å². The van der Waals surface area contributed by atoms with Gasteiger partial charge in [0.25, 0.3) is 0 Å². The normalized spacial score (nSPS) is 11.9. The van der Waals surface area contributed by atoms with E-state index in [9.17, 15) is 9.90 Å². The molecule has 2 aromatic rings. The summed E-state index contributed by atoms with van der Waals surface area (Å²) in [6, 6.07) is 9.38. The van der Waals surface area contributed by atoms with Crippen molar-refractivity contribution in [3.8, 4) is 5.75 Å². The van der Waals surface area contributed by atoms with Crippen molar-refractivity contribution in [2.45, 2.75) is 12.8 Å². The average Bonchev–Trinajstić information content (AvgIpc) is 2.47. The molecule has 1 atom stereocenters. The summed E-state index contributed by atoms with van der Waals surface area (Å²) in [5, 5.41) is 9.41. The lowest BCUT2D eigenvalue weighted by molar-refractivity contribution is -0.141. The minimum absolute atomic E-state index is 0.452. The fourth-order valence-corrected chi connectivity index (χ4v) is 2.56. The zero-order valence-corrected chi connectivity index (χ0v) is 13.2. The fraction of sp³-hybridized carbons (Fsp3) is 0.250. The van der Waals surface area contributed by atoms with Gasteiger partial charge in [0.05, 0.1) is 13.0 Å². The molecule has 1 aromatic heterocycles. The summed E-state index contributed by atoms with van der Waals surface area (Å²) in [6.45, 7) is 0. The number of carbonyl (C=O) groups is 1. The van der Waals surface area contributed by atoms with Crippen LogP contribution in [-0.4, -0.2) is 23.2 Å². The minimum atomic E-state index is -0.800. The van der Waals surface area contributed by atoms with Gasteiger partial charge in [0, 0.05) is 16.9 Å². The summed E-state index contributed by atoms with van der Waals surface area (Å²) in [4.78, 5) is 15.5. The molecule has 0 fully saturated rings. The van der Waals surface area contributed by atoms with Crippen LogP contribution in [0.2, 0.25) is 0 Å². The fourth-order valence-electron chi connectivity index (χ4n) is 2.14. The van der Waals surface area contributed by atoms with Crippen LogP contribution in [0.15, 0.2) is 47.2 Å². The first-order valence-electron chi connectivity index (χ1n) is 6.53. The molecule has 1 unspecified atom stereocenters. The number of halogens is 1. The number of methoxy groups -OCH3 is 1. The SMILES string of the molecule is COc1ccc(CC(Cc2cncc(Br)c2)C(=O)O)cc1. The molecule has 2 rings (SSSR count). The van der Waals surface area contributed by atoms with E-state index < -0.39 is 11.9 Å². The van der Waals surface area contributed by atoms with Gasteiger partial charge in [-0.05, 0) is 58.1 Å². The molecular weight excluding hydrogens is 334 g/mol. The van der Waals surface area contributed by atoms with E-state index in [-0.39, 0.29) is 0 Å². The molecule has 0 aliphatic carbocycles. The van der Waals surface area contributed by atoms with E-state index in [1.807, 2.05) is 30.3 Å². The first kappa shape index (κ1) is 15.5. The van der Waals surface area contributed by atoms with Crippen LogP contribution in [0, 0.1) is 5.92 Å². The Hall–Kier alpha value is -1.88. The number of aromatic nitrogens is 1. The molecule has 0 aliphatic rings. The van der Waals surface area contributed by atoms with Gasteiger partial charge < -0.3 is 9.84 Å². The first-order chi connectivity index (χ1) is 10.1. The Morgan fingerprint density at radius 2 is 1.90 bits per heavy atom. The lowest BCUT2D eigenvalue weighted by Crippen LogP contribution is -2.19. The van der Waals surface area contributed by atoms with Gasteiger partial charge in [-0.1, -0.05) is 12.1 Å². The van der Waals surface area contributed by atoms with Crippen LogP contribution < -0.4 is 4.74 Å². The number of nitrogens with zero attached hydrogens (tertiary/aromatic N) is 1. The lowest BCUT2D eigenvalue weighted by atomic mass is 9.93. The van der Waals surface area contributed by atoms with Crippen molar-refractivity contribution in [3.05, 3.63) is 58.3 Å². The first-order valence-corrected chi connectivity index (χ1v) is 7.33. The number of ether oxygens (including phenoxy) is 1. The van der Waals surface area contributed by atoms with E-state index in [4.69, 9.17) is 4.74 Å². The highest BCUT2D eigenvalue weighted by Gasteiger charge is 2.19. The molecule has 110 valence electrons. The minimum Gasteiger partial charge on any atom is -0.497 e. The lowest BCUT2D eigenvalue weighted by Gasteiger charge is -2.13. The maximum Gasteiger partial charge on any atom is 0.307 e. The van der Waals surface area contributed by atoms with E-state index >= 15 is 0 Å². The largest absolute Gasteiger partial charge is 0.497 e. The quantitative estimate of drug-likeness (QED) is 0.868. The van der Waals surface area contributed by atoms with Crippen molar-refractivity contribution in [1.29, 1.82) is 0 Å². The molecule has 0 saturated heterocycles. The Balaban J connectivity index is 2.10. The Morgan fingerprint density at radius 3 is 2.48 bits per heavy atom. The van der Waals surface area contributed by atoms with E-state index in [0.29, 0.717) is 12.8 Å². The number of aliphatic carboxylic acids is 1. The summed E-state index contributed by atoms with van der Waals surface area (Å²) in [5.41, 5.74) is 1.89. The van der Waals surface area contributed by atoms with Crippen LogP contribution in [-0.2, 0) is 17.6 Å². The molecule has 4 nitrogen and oxygen atoms in total. The van der Waals surface area contributed by atoms with Crippen LogP contribution in [0.5, 0.6) is 5.75 Å². The average molecular weight is 350 g/mol. The third-order valence-electron chi connectivity index (χ3n) is 3.23. The molecule has 1 aromatic carbocycles. The van der Waals surface area contributed by atoms with Crippen molar-refractivity contribution in [2.24, 2.45) is 5.92 Å². The highest BCUT2D eigenvalue weighted by Crippen LogP contribution is 2.19. The van der Waals surface area contributed by atoms with E-state index in [2.05, 4.69) is 20.9 Å². The molecule has 5 heteroatoms. The Kier molecular flexibility index (Phi) is 5.33. The number of pyridine rings is 1. The monoisotopic (exact) mass is 349 g/mol. The van der Waals surface area contributed by atoms with Gasteiger partial charge in [-0.25, -0.2) is 0 Å². The Labute approximate surface area is 131 Å². The van der Waals surface area contributed by atoms with Crippen LogP contribution >= 0.6 is 15.9 Å². The Bertz CT molecular complexity index is 613. The van der Waals surface area contributed by atoms with E-state index in [1.54, 1.807) is 19.5 Å². The molecule has 0 spiro atoms. The molecule has 0 saturated carbocycles. The second kappa shape index (κ2) is 7.22. The van der Waals surface area contributed by atoms with Crippen LogP contribution in [0.4, 0.5) is 0 Å². The van der Waals surface area contributed by atoms with Crippen LogP contribution in [0.3, 0.4) is 0 Å². The zero-order valence-electron chi connectivity index (χ0n) is 11.6. The van der Waals surface area contributed by atoms with E-state index in [0.717, 1.165) is 21.3 Å². The summed E-state index contributed by atoms with van der Waals surface area (Å²) >= 11 is 3.35. The molecule has 1 N–H and O–H groups in total. The van der Waals surface area contributed by atoms with Crippen molar-refractivity contribution in [3.63, 3.8) is 0 Å². The van der Waals surface area contributed by atoms with Gasteiger partial charge in [-0.15, -0.1) is 0 Å². The summed E-state index contributed by atoms with van der Waals surface area (Å²) < 4.78 is 5.96. The number of carboxylic acids is 1. The molecular formula is C16H16BrNO3. The van der Waals surface area contributed by atoms with Crippen LogP contribution in [0.1, 0.15) is 11.1 Å². The predicted molar refractivity (Wildman–Crippen MR) is 83.5 cm³/mol. The van der Waals surface area contributed by atoms with Crippen LogP contribution in [0.25, 0.3) is 0 Å². The third-order valence-corrected chi connectivity index (χ3v) is 3.67. The van der Waals surface area contributed by atoms with Crippen molar-refractivity contribution in [2.75, 3.05) is 7.11 Å².